The largest absolute Gasteiger partial charge is 0.435 e. The fourth-order valence-electron chi connectivity index (χ4n) is 3.49. The molecule has 0 aromatic carbocycles. The molecule has 4 rings (SSSR count). The second-order valence-electron chi connectivity index (χ2n) is 7.21. The molecule has 150 valence electrons. The topological polar surface area (TPSA) is 67.2 Å². The first kappa shape index (κ1) is 18.7. The number of hydrogen-bond donors (Lipinski definition) is 0. The lowest BCUT2D eigenvalue weighted by Crippen LogP contribution is -2.51. The molecule has 2 fully saturated rings. The number of alkyl halides is 3. The molecule has 0 spiro atoms. The maximum absolute atomic E-state index is 13.1. The quantitative estimate of drug-likeness (QED) is 0.797. The minimum Gasteiger partial charge on any atom is -0.337 e. The molecular weight excluding hydrogens is 373 g/mol. The number of nitrogens with zero attached hydrogens (tertiary/aromatic N) is 6. The molecule has 0 radical (unpaired) electrons. The molecule has 2 aliphatic rings. The van der Waals surface area contributed by atoms with Gasteiger partial charge < -0.3 is 9.80 Å². The van der Waals surface area contributed by atoms with Crippen molar-refractivity contribution in [2.45, 2.75) is 37.9 Å². The van der Waals surface area contributed by atoms with E-state index in [0.29, 0.717) is 37.8 Å². The molecule has 0 N–H and O–H groups in total. The molecule has 1 aliphatic carbocycles. The zero-order valence-electron chi connectivity index (χ0n) is 15.4. The first-order valence-corrected chi connectivity index (χ1v) is 9.32. The molecule has 1 atom stereocenters. The molecule has 1 aliphatic heterocycles. The Balaban J connectivity index is 1.46. The van der Waals surface area contributed by atoms with Crippen LogP contribution in [0.4, 0.5) is 19.1 Å². The van der Waals surface area contributed by atoms with Crippen LogP contribution in [0.1, 0.15) is 43.1 Å². The second-order valence-corrected chi connectivity index (χ2v) is 7.21. The number of carbonyl (C=O) groups excluding carboxylic acids is 1. The molecule has 28 heavy (non-hydrogen) atoms. The Labute approximate surface area is 160 Å². The Morgan fingerprint density at radius 3 is 2.36 bits per heavy atom. The lowest BCUT2D eigenvalue weighted by Gasteiger charge is -2.36. The number of piperazine rings is 1. The van der Waals surface area contributed by atoms with Gasteiger partial charge in [0, 0.05) is 50.2 Å². The van der Waals surface area contributed by atoms with Gasteiger partial charge >= 0.3 is 6.18 Å². The molecule has 2 aromatic heterocycles. The fourth-order valence-corrected chi connectivity index (χ4v) is 3.49. The summed E-state index contributed by atoms with van der Waals surface area (Å²) < 4.78 is 40.6. The number of carbonyl (C=O) groups is 1. The van der Waals surface area contributed by atoms with Crippen LogP contribution in [-0.4, -0.2) is 56.7 Å². The summed E-state index contributed by atoms with van der Waals surface area (Å²) in [7, 11) is 0. The van der Waals surface area contributed by atoms with E-state index in [2.05, 4.69) is 15.1 Å². The Morgan fingerprint density at radius 2 is 1.79 bits per heavy atom. The minimum absolute atomic E-state index is 0.0610. The van der Waals surface area contributed by atoms with Gasteiger partial charge in [-0.1, -0.05) is 0 Å². The van der Waals surface area contributed by atoms with Crippen LogP contribution in [0, 0.1) is 0 Å². The summed E-state index contributed by atoms with van der Waals surface area (Å²) in [6, 6.07) is 2.06. The maximum Gasteiger partial charge on any atom is 0.435 e. The predicted molar refractivity (Wildman–Crippen MR) is 94.7 cm³/mol. The number of aromatic nitrogens is 4. The summed E-state index contributed by atoms with van der Waals surface area (Å²) in [6.45, 7) is 3.70. The number of anilines is 1. The average molecular weight is 394 g/mol. The van der Waals surface area contributed by atoms with Crippen LogP contribution in [0.5, 0.6) is 0 Å². The molecule has 2 aromatic rings. The van der Waals surface area contributed by atoms with E-state index in [1.807, 2.05) is 4.90 Å². The minimum atomic E-state index is -4.51. The summed E-state index contributed by atoms with van der Waals surface area (Å²) in [5.74, 6) is 0.457. The van der Waals surface area contributed by atoms with Gasteiger partial charge in [0.25, 0.3) is 0 Å². The van der Waals surface area contributed by atoms with E-state index in [4.69, 9.17) is 0 Å². The fraction of sp³-hybridized carbons (Fsp3) is 0.556. The van der Waals surface area contributed by atoms with E-state index in [9.17, 15) is 18.0 Å². The van der Waals surface area contributed by atoms with Crippen LogP contribution in [0.15, 0.2) is 24.5 Å². The summed E-state index contributed by atoms with van der Waals surface area (Å²) >= 11 is 0. The highest BCUT2D eigenvalue weighted by atomic mass is 19.4. The highest BCUT2D eigenvalue weighted by molar-refractivity contribution is 5.80. The van der Waals surface area contributed by atoms with Crippen molar-refractivity contribution in [3.8, 4) is 0 Å². The zero-order chi connectivity index (χ0) is 19.9. The van der Waals surface area contributed by atoms with Crippen LogP contribution in [-0.2, 0) is 11.0 Å². The highest BCUT2D eigenvalue weighted by Crippen LogP contribution is 2.43. The first-order valence-electron chi connectivity index (χ1n) is 9.32. The zero-order valence-corrected chi connectivity index (χ0v) is 15.4. The smallest absolute Gasteiger partial charge is 0.337 e. The van der Waals surface area contributed by atoms with Crippen molar-refractivity contribution in [2.24, 2.45) is 0 Å². The van der Waals surface area contributed by atoms with Crippen LogP contribution >= 0.6 is 0 Å². The standard InChI is InChI=1S/C18H21F3N6O/c1-12(27-14(13-3-4-13)11-15(24-27)18(19,20)21)16(28)25-7-9-26(10-8-25)17-22-5-2-6-23-17/h2,5-6,11-13H,3-4,7-10H2,1H3. The monoisotopic (exact) mass is 394 g/mol. The number of halogens is 3. The van der Waals surface area contributed by atoms with Gasteiger partial charge in [-0.2, -0.15) is 18.3 Å². The normalized spacial score (nSPS) is 19.0. The molecule has 3 heterocycles. The van der Waals surface area contributed by atoms with Gasteiger partial charge in [-0.3, -0.25) is 9.48 Å². The van der Waals surface area contributed by atoms with Crippen molar-refractivity contribution in [3.63, 3.8) is 0 Å². The SMILES string of the molecule is CC(C(=O)N1CCN(c2ncccn2)CC1)n1nc(C(F)(F)F)cc1C1CC1. The molecule has 10 heteroatoms. The van der Waals surface area contributed by atoms with Crippen molar-refractivity contribution in [1.82, 2.24) is 24.6 Å². The van der Waals surface area contributed by atoms with Gasteiger partial charge in [-0.05, 0) is 31.9 Å². The second kappa shape index (κ2) is 7.06. The number of rotatable bonds is 4. The lowest BCUT2D eigenvalue weighted by atomic mass is 10.2. The van der Waals surface area contributed by atoms with Crippen LogP contribution < -0.4 is 4.90 Å². The molecule has 1 amide bonds. The van der Waals surface area contributed by atoms with Crippen molar-refractivity contribution >= 4 is 11.9 Å². The third-order valence-electron chi connectivity index (χ3n) is 5.20. The van der Waals surface area contributed by atoms with Crippen LogP contribution in [0.2, 0.25) is 0 Å². The van der Waals surface area contributed by atoms with Gasteiger partial charge in [0.2, 0.25) is 11.9 Å². The first-order chi connectivity index (χ1) is 13.3. The van der Waals surface area contributed by atoms with Gasteiger partial charge in [0.1, 0.15) is 6.04 Å². The summed E-state index contributed by atoms with van der Waals surface area (Å²) in [5, 5.41) is 3.73. The predicted octanol–water partition coefficient (Wildman–Crippen LogP) is 2.48. The Bertz CT molecular complexity index is 841. The van der Waals surface area contributed by atoms with Crippen LogP contribution in [0.3, 0.4) is 0 Å². The van der Waals surface area contributed by atoms with Gasteiger partial charge in [-0.15, -0.1) is 0 Å². The summed E-state index contributed by atoms with van der Waals surface area (Å²) in [4.78, 5) is 25.0. The molecule has 7 nitrogen and oxygen atoms in total. The Morgan fingerprint density at radius 1 is 1.14 bits per heavy atom. The van der Waals surface area contributed by atoms with Gasteiger partial charge in [0.15, 0.2) is 5.69 Å². The van der Waals surface area contributed by atoms with E-state index in [1.165, 1.54) is 4.68 Å². The van der Waals surface area contributed by atoms with Crippen molar-refractivity contribution in [3.05, 3.63) is 35.9 Å². The van der Waals surface area contributed by atoms with E-state index in [-0.39, 0.29) is 11.8 Å². The summed E-state index contributed by atoms with van der Waals surface area (Å²) in [5.41, 5.74) is -0.426. The highest BCUT2D eigenvalue weighted by Gasteiger charge is 2.40. The third-order valence-corrected chi connectivity index (χ3v) is 5.20. The third kappa shape index (κ3) is 3.67. The van der Waals surface area contributed by atoms with E-state index < -0.39 is 17.9 Å². The van der Waals surface area contributed by atoms with Crippen molar-refractivity contribution in [2.75, 3.05) is 31.1 Å². The average Bonchev–Trinajstić information content (AvgIpc) is 3.44. The van der Waals surface area contributed by atoms with Gasteiger partial charge in [0.05, 0.1) is 0 Å². The molecule has 1 saturated carbocycles. The van der Waals surface area contributed by atoms with Crippen molar-refractivity contribution < 1.29 is 18.0 Å². The molecular formula is C18H21F3N6O. The van der Waals surface area contributed by atoms with E-state index in [0.717, 1.165) is 18.9 Å². The molecule has 1 saturated heterocycles. The maximum atomic E-state index is 13.1. The van der Waals surface area contributed by atoms with Crippen molar-refractivity contribution in [1.29, 1.82) is 0 Å². The van der Waals surface area contributed by atoms with E-state index in [1.54, 1.807) is 30.3 Å². The van der Waals surface area contributed by atoms with Crippen LogP contribution in [0.25, 0.3) is 0 Å². The Kier molecular flexibility index (Phi) is 4.72. The lowest BCUT2D eigenvalue weighted by molar-refractivity contribution is -0.142. The number of amides is 1. The molecule has 1 unspecified atom stereocenters. The number of hydrogen-bond acceptors (Lipinski definition) is 5. The van der Waals surface area contributed by atoms with Gasteiger partial charge in [-0.25, -0.2) is 9.97 Å². The van der Waals surface area contributed by atoms with E-state index >= 15 is 0 Å². The summed E-state index contributed by atoms with van der Waals surface area (Å²) in [6.07, 6.45) is 0.479. The Hall–Kier alpha value is -2.65. The molecule has 0 bridgehead atoms.